The van der Waals surface area contributed by atoms with Gasteiger partial charge in [-0.15, -0.1) is 0 Å². The van der Waals surface area contributed by atoms with Crippen LogP contribution in [0.15, 0.2) is 24.5 Å². The minimum atomic E-state index is 0.0164. The lowest BCUT2D eigenvalue weighted by Crippen LogP contribution is -2.45. The molecule has 0 saturated heterocycles. The molecule has 5 heteroatoms. The molecule has 0 spiro atoms. The molecule has 2 amide bonds. The molecule has 1 saturated carbocycles. The predicted molar refractivity (Wildman–Crippen MR) is 79.2 cm³/mol. The molecule has 0 bridgehead atoms. The van der Waals surface area contributed by atoms with Gasteiger partial charge < -0.3 is 10.2 Å². The van der Waals surface area contributed by atoms with Crippen LogP contribution in [0.5, 0.6) is 0 Å². The van der Waals surface area contributed by atoms with E-state index < -0.39 is 0 Å². The van der Waals surface area contributed by atoms with Gasteiger partial charge in [0.1, 0.15) is 0 Å². The molecule has 0 aromatic carbocycles. The zero-order valence-electron chi connectivity index (χ0n) is 11.5. The predicted octanol–water partition coefficient (Wildman–Crippen LogP) is 2.51. The van der Waals surface area contributed by atoms with Gasteiger partial charge in [-0.1, -0.05) is 6.42 Å². The molecule has 104 valence electrons. The summed E-state index contributed by atoms with van der Waals surface area (Å²) in [6.07, 6.45) is 9.17. The molecule has 1 aromatic rings. The molecule has 19 heavy (non-hydrogen) atoms. The van der Waals surface area contributed by atoms with Crippen LogP contribution in [0.4, 0.5) is 4.79 Å². The molecule has 0 radical (unpaired) electrons. The maximum Gasteiger partial charge on any atom is 0.317 e. The fourth-order valence-electron chi connectivity index (χ4n) is 2.58. The largest absolute Gasteiger partial charge is 0.334 e. The maximum absolute atomic E-state index is 12.2. The topological polar surface area (TPSA) is 45.2 Å². The van der Waals surface area contributed by atoms with Crippen LogP contribution in [-0.4, -0.2) is 40.5 Å². The van der Waals surface area contributed by atoms with E-state index in [4.69, 9.17) is 0 Å². The smallest absolute Gasteiger partial charge is 0.317 e. The van der Waals surface area contributed by atoms with Crippen LogP contribution in [-0.2, 0) is 6.54 Å². The third-order valence-corrected chi connectivity index (χ3v) is 4.89. The third kappa shape index (κ3) is 3.62. The summed E-state index contributed by atoms with van der Waals surface area (Å²) >= 11 is 1.87. The average molecular weight is 279 g/mol. The Morgan fingerprint density at radius 1 is 1.47 bits per heavy atom. The van der Waals surface area contributed by atoms with E-state index in [1.54, 1.807) is 12.4 Å². The van der Waals surface area contributed by atoms with Gasteiger partial charge >= 0.3 is 6.03 Å². The Morgan fingerprint density at radius 2 is 2.21 bits per heavy atom. The molecule has 1 aromatic heterocycles. The van der Waals surface area contributed by atoms with Crippen LogP contribution in [0, 0.1) is 0 Å². The maximum atomic E-state index is 12.2. The minimum absolute atomic E-state index is 0.0164. The van der Waals surface area contributed by atoms with Gasteiger partial charge in [0, 0.05) is 37.3 Å². The number of thioether (sulfide) groups is 1. The number of nitrogens with one attached hydrogen (secondary N) is 1. The van der Waals surface area contributed by atoms with Crippen molar-refractivity contribution in [2.45, 2.75) is 37.1 Å². The van der Waals surface area contributed by atoms with E-state index in [2.05, 4.69) is 16.6 Å². The first-order chi connectivity index (χ1) is 9.22. The number of rotatable bonds is 4. The van der Waals surface area contributed by atoms with Crippen LogP contribution in [0.1, 0.15) is 24.8 Å². The molecule has 1 aliphatic carbocycles. The van der Waals surface area contributed by atoms with Crippen molar-refractivity contribution in [3.63, 3.8) is 0 Å². The molecule has 2 rings (SSSR count). The summed E-state index contributed by atoms with van der Waals surface area (Å²) in [4.78, 5) is 18.0. The molecule has 1 aliphatic rings. The first kappa shape index (κ1) is 14.2. The lowest BCUT2D eigenvalue weighted by Gasteiger charge is -2.29. The lowest BCUT2D eigenvalue weighted by molar-refractivity contribution is 0.191. The Hall–Kier alpha value is -1.23. The van der Waals surface area contributed by atoms with E-state index in [-0.39, 0.29) is 6.03 Å². The first-order valence-corrected chi connectivity index (χ1v) is 7.93. The van der Waals surface area contributed by atoms with Crippen molar-refractivity contribution >= 4 is 17.8 Å². The van der Waals surface area contributed by atoms with Gasteiger partial charge in [-0.25, -0.2) is 4.79 Å². The van der Waals surface area contributed by atoms with Crippen LogP contribution in [0.25, 0.3) is 0 Å². The van der Waals surface area contributed by atoms with E-state index in [0.29, 0.717) is 17.8 Å². The minimum Gasteiger partial charge on any atom is -0.334 e. The number of nitrogens with zero attached hydrogens (tertiary/aromatic N) is 2. The molecule has 0 aliphatic heterocycles. The van der Waals surface area contributed by atoms with E-state index in [9.17, 15) is 4.79 Å². The summed E-state index contributed by atoms with van der Waals surface area (Å²) in [5.41, 5.74) is 1.07. The lowest BCUT2D eigenvalue weighted by atomic mass is 10.2. The highest BCUT2D eigenvalue weighted by molar-refractivity contribution is 7.99. The summed E-state index contributed by atoms with van der Waals surface area (Å²) in [7, 11) is 1.90. The Morgan fingerprint density at radius 3 is 2.89 bits per heavy atom. The Bertz CT molecular complexity index is 412. The van der Waals surface area contributed by atoms with E-state index in [0.717, 1.165) is 12.0 Å². The number of carbonyl (C=O) groups is 1. The second kappa shape index (κ2) is 6.80. The van der Waals surface area contributed by atoms with Gasteiger partial charge in [0.25, 0.3) is 0 Å². The van der Waals surface area contributed by atoms with E-state index >= 15 is 0 Å². The van der Waals surface area contributed by atoms with Gasteiger partial charge in [0.05, 0.1) is 0 Å². The fourth-order valence-corrected chi connectivity index (χ4v) is 3.61. The van der Waals surface area contributed by atoms with Crippen LogP contribution in [0.3, 0.4) is 0 Å². The summed E-state index contributed by atoms with van der Waals surface area (Å²) < 4.78 is 0. The van der Waals surface area contributed by atoms with Crippen molar-refractivity contribution in [2.24, 2.45) is 0 Å². The zero-order chi connectivity index (χ0) is 13.7. The molecule has 1 fully saturated rings. The number of hydrogen-bond acceptors (Lipinski definition) is 3. The number of urea groups is 1. The number of amides is 2. The average Bonchev–Trinajstić information content (AvgIpc) is 2.93. The van der Waals surface area contributed by atoms with Gasteiger partial charge in [0.2, 0.25) is 0 Å². The molecule has 1 heterocycles. The van der Waals surface area contributed by atoms with Crippen molar-refractivity contribution in [3.05, 3.63) is 30.1 Å². The van der Waals surface area contributed by atoms with Crippen LogP contribution >= 0.6 is 11.8 Å². The SMILES string of the molecule is CS[C@@H]1CCC[C@H]1N(C)C(=O)NCc1ccncc1. The number of hydrogen-bond donors (Lipinski definition) is 1. The van der Waals surface area contributed by atoms with Crippen molar-refractivity contribution in [1.29, 1.82) is 0 Å². The highest BCUT2D eigenvalue weighted by Crippen LogP contribution is 2.31. The van der Waals surface area contributed by atoms with E-state index in [1.807, 2.05) is 35.8 Å². The molecular formula is C14H21N3OS. The summed E-state index contributed by atoms with van der Waals surface area (Å²) in [6.45, 7) is 0.558. The quantitative estimate of drug-likeness (QED) is 0.921. The second-order valence-electron chi connectivity index (χ2n) is 4.90. The highest BCUT2D eigenvalue weighted by atomic mass is 32.2. The van der Waals surface area contributed by atoms with Gasteiger partial charge in [0.15, 0.2) is 0 Å². The third-order valence-electron chi connectivity index (χ3n) is 3.73. The number of pyridine rings is 1. The Labute approximate surface area is 119 Å². The first-order valence-electron chi connectivity index (χ1n) is 6.64. The second-order valence-corrected chi connectivity index (χ2v) is 5.97. The summed E-state index contributed by atoms with van der Waals surface area (Å²) in [6, 6.07) is 4.22. The monoisotopic (exact) mass is 279 g/mol. The summed E-state index contributed by atoms with van der Waals surface area (Å²) in [5, 5.41) is 3.55. The fraction of sp³-hybridized carbons (Fsp3) is 0.571. The molecule has 4 nitrogen and oxygen atoms in total. The van der Waals surface area contributed by atoms with Gasteiger partial charge in [-0.05, 0) is 36.8 Å². The van der Waals surface area contributed by atoms with Crippen molar-refractivity contribution < 1.29 is 4.79 Å². The van der Waals surface area contributed by atoms with Gasteiger partial charge in [-0.2, -0.15) is 11.8 Å². The summed E-state index contributed by atoms with van der Waals surface area (Å²) in [5.74, 6) is 0. The molecule has 0 unspecified atom stereocenters. The van der Waals surface area contributed by atoms with Crippen LogP contribution < -0.4 is 5.32 Å². The number of carbonyl (C=O) groups excluding carboxylic acids is 1. The standard InChI is InChI=1S/C14H21N3OS/c1-17(12-4-3-5-13(12)19-2)14(18)16-10-11-6-8-15-9-7-11/h6-9,12-13H,3-5,10H2,1-2H3,(H,16,18)/t12-,13-/m1/s1. The Balaban J connectivity index is 1.85. The normalized spacial score (nSPS) is 22.2. The Kier molecular flexibility index (Phi) is 5.07. The highest BCUT2D eigenvalue weighted by Gasteiger charge is 2.31. The van der Waals surface area contributed by atoms with E-state index in [1.165, 1.54) is 12.8 Å². The molecular weight excluding hydrogens is 258 g/mol. The van der Waals surface area contributed by atoms with Crippen LogP contribution in [0.2, 0.25) is 0 Å². The number of aromatic nitrogens is 1. The molecule has 2 atom stereocenters. The van der Waals surface area contributed by atoms with Gasteiger partial charge in [-0.3, -0.25) is 4.98 Å². The van der Waals surface area contributed by atoms with Crippen molar-refractivity contribution in [2.75, 3.05) is 13.3 Å². The molecule has 1 N–H and O–H groups in total. The van der Waals surface area contributed by atoms with Crippen molar-refractivity contribution in [1.82, 2.24) is 15.2 Å². The van der Waals surface area contributed by atoms with Crippen molar-refractivity contribution in [3.8, 4) is 0 Å². The zero-order valence-corrected chi connectivity index (χ0v) is 12.3.